The van der Waals surface area contributed by atoms with Crippen LogP contribution in [-0.2, 0) is 28.6 Å². The molecule has 2 amide bonds. The first-order valence-corrected chi connectivity index (χ1v) is 15.7. The van der Waals surface area contributed by atoms with Gasteiger partial charge in [-0.25, -0.2) is 4.79 Å². The van der Waals surface area contributed by atoms with Crippen LogP contribution in [0, 0.1) is 11.8 Å². The first-order valence-electron chi connectivity index (χ1n) is 14.2. The molecule has 2 rings (SSSR count). The summed E-state index contributed by atoms with van der Waals surface area (Å²) < 4.78 is 17.5. The maximum absolute atomic E-state index is 13.6. The van der Waals surface area contributed by atoms with Crippen molar-refractivity contribution in [1.29, 1.82) is 0 Å². The Balaban J connectivity index is 2.61. The molecule has 0 radical (unpaired) electrons. The van der Waals surface area contributed by atoms with Crippen LogP contribution in [0.25, 0.3) is 0 Å². The molecule has 238 valence electrons. The number of ether oxygens (including phenoxy) is 3. The lowest BCUT2D eigenvalue weighted by Crippen LogP contribution is -2.38. The second-order valence-electron chi connectivity index (χ2n) is 10.9. The van der Waals surface area contributed by atoms with Gasteiger partial charge in [-0.05, 0) is 44.6 Å². The van der Waals surface area contributed by atoms with Crippen LogP contribution in [-0.4, -0.2) is 78.3 Å². The Bertz CT molecular complexity index is 1210. The SMILES string of the molecule is CO[C@H]1C=CC=C(C)C(=O)NC2=CC(=O)C(NCCCI)=C(C[C@@H](C)C[C@H](OC)[C@H](O)[C@@H](C)C=C(C)[C@@H]1OC(N)=O)C2=O. The standard InChI is InChI=1S/C31H44IN3O8/c1-17-13-21-26(34-12-8-11-32)23(36)16-22(28(21)38)35-30(39)18(2)9-7-10-24(41-5)29(43-31(33)40)20(4)15-19(3)27(37)25(14-17)42-6/h7,9-10,15-17,19,24-25,27,29,34,37H,8,11-14H2,1-6H3,(H2,33,40)(H,35,39)/t17-,19+,24+,25+,27-,29+/m1/s1. The summed E-state index contributed by atoms with van der Waals surface area (Å²) >= 11 is 2.24. The van der Waals surface area contributed by atoms with E-state index < -0.39 is 48.1 Å². The molecule has 12 heteroatoms. The number of halogens is 1. The fourth-order valence-corrected chi connectivity index (χ4v) is 5.44. The van der Waals surface area contributed by atoms with Crippen molar-refractivity contribution in [3.8, 4) is 0 Å². The van der Waals surface area contributed by atoms with Crippen LogP contribution in [0.15, 0.2) is 58.5 Å². The molecule has 1 heterocycles. The number of aliphatic hydroxyl groups excluding tert-OH is 1. The molecule has 2 aliphatic rings. The van der Waals surface area contributed by atoms with Gasteiger partial charge in [-0.15, -0.1) is 0 Å². The Morgan fingerprint density at radius 3 is 2.49 bits per heavy atom. The molecule has 5 N–H and O–H groups in total. The fraction of sp³-hybridized carbons (Fsp3) is 0.548. The summed E-state index contributed by atoms with van der Waals surface area (Å²) in [4.78, 5) is 51.6. The molecular formula is C31H44IN3O8. The highest BCUT2D eigenvalue weighted by atomic mass is 127. The molecule has 0 unspecified atom stereocenters. The molecule has 0 saturated heterocycles. The third kappa shape index (κ3) is 10.4. The average Bonchev–Trinajstić information content (AvgIpc) is 2.95. The predicted octanol–water partition coefficient (Wildman–Crippen LogP) is 3.18. The summed E-state index contributed by atoms with van der Waals surface area (Å²) in [6, 6.07) is 0. The van der Waals surface area contributed by atoms with E-state index in [9.17, 15) is 24.3 Å². The van der Waals surface area contributed by atoms with Gasteiger partial charge in [0, 0.05) is 48.3 Å². The van der Waals surface area contributed by atoms with Gasteiger partial charge in [0.2, 0.25) is 11.6 Å². The summed E-state index contributed by atoms with van der Waals surface area (Å²) in [6.07, 6.45) is 4.76. The number of aliphatic hydroxyl groups is 1. The van der Waals surface area contributed by atoms with Gasteiger partial charge < -0.3 is 35.7 Å². The van der Waals surface area contributed by atoms with E-state index in [0.717, 1.165) is 16.9 Å². The molecule has 0 spiro atoms. The fourth-order valence-electron chi connectivity index (χ4n) is 5.06. The maximum atomic E-state index is 13.6. The van der Waals surface area contributed by atoms with E-state index in [-0.39, 0.29) is 40.7 Å². The summed E-state index contributed by atoms with van der Waals surface area (Å²) in [5.41, 5.74) is 6.61. The molecule has 6 atom stereocenters. The smallest absolute Gasteiger partial charge is 0.405 e. The number of carbonyl (C=O) groups excluding carboxylic acids is 4. The van der Waals surface area contributed by atoms with Crippen LogP contribution in [0.5, 0.6) is 0 Å². The van der Waals surface area contributed by atoms with Crippen molar-refractivity contribution in [2.45, 2.75) is 71.4 Å². The Morgan fingerprint density at radius 2 is 1.88 bits per heavy atom. The monoisotopic (exact) mass is 713 g/mol. The molecule has 1 aliphatic carbocycles. The van der Waals surface area contributed by atoms with Gasteiger partial charge in [-0.3, -0.25) is 14.4 Å². The number of Topliss-reactive ketones (excluding diaryl/α,β-unsaturated/α-hetero) is 1. The number of rotatable bonds is 7. The topological polar surface area (TPSA) is 166 Å². The molecular weight excluding hydrogens is 669 g/mol. The van der Waals surface area contributed by atoms with Gasteiger partial charge in [0.25, 0.3) is 5.91 Å². The van der Waals surface area contributed by atoms with Gasteiger partial charge in [-0.2, -0.15) is 0 Å². The van der Waals surface area contributed by atoms with Crippen molar-refractivity contribution in [3.63, 3.8) is 0 Å². The van der Waals surface area contributed by atoms with Gasteiger partial charge in [0.1, 0.15) is 6.10 Å². The number of methoxy groups -OCH3 is 2. The highest BCUT2D eigenvalue weighted by Gasteiger charge is 2.33. The van der Waals surface area contributed by atoms with Crippen LogP contribution in [0.4, 0.5) is 4.79 Å². The average molecular weight is 714 g/mol. The summed E-state index contributed by atoms with van der Waals surface area (Å²) in [6.45, 7) is 7.55. The molecule has 0 fully saturated rings. The minimum Gasteiger partial charge on any atom is -0.439 e. The number of hydrogen-bond acceptors (Lipinski definition) is 9. The van der Waals surface area contributed by atoms with Gasteiger partial charge in [0.05, 0.1) is 23.6 Å². The lowest BCUT2D eigenvalue weighted by atomic mass is 9.85. The van der Waals surface area contributed by atoms with Crippen LogP contribution >= 0.6 is 22.6 Å². The quantitative estimate of drug-likeness (QED) is 0.102. The molecule has 11 nitrogen and oxygen atoms in total. The number of nitrogens with one attached hydrogen (secondary N) is 2. The van der Waals surface area contributed by atoms with Crippen LogP contribution in [0.1, 0.15) is 47.0 Å². The van der Waals surface area contributed by atoms with Crippen molar-refractivity contribution in [2.24, 2.45) is 17.6 Å². The molecule has 0 aromatic carbocycles. The zero-order valence-electron chi connectivity index (χ0n) is 25.6. The van der Waals surface area contributed by atoms with Gasteiger partial charge in [-0.1, -0.05) is 60.7 Å². The van der Waals surface area contributed by atoms with Crippen molar-refractivity contribution < 1.29 is 38.5 Å². The third-order valence-electron chi connectivity index (χ3n) is 7.41. The number of ketones is 2. The number of allylic oxidation sites excluding steroid dienone is 4. The second-order valence-corrected chi connectivity index (χ2v) is 12.0. The Kier molecular flexibility index (Phi) is 14.8. The maximum Gasteiger partial charge on any atom is 0.405 e. The van der Waals surface area contributed by atoms with E-state index in [1.165, 1.54) is 20.3 Å². The molecule has 1 aliphatic heterocycles. The summed E-state index contributed by atoms with van der Waals surface area (Å²) in [7, 11) is 2.94. The highest BCUT2D eigenvalue weighted by molar-refractivity contribution is 14.1. The van der Waals surface area contributed by atoms with Crippen LogP contribution in [0.3, 0.4) is 0 Å². The van der Waals surface area contributed by atoms with Crippen molar-refractivity contribution in [2.75, 3.05) is 25.2 Å². The highest BCUT2D eigenvalue weighted by Crippen LogP contribution is 2.29. The molecule has 43 heavy (non-hydrogen) atoms. The lowest BCUT2D eigenvalue weighted by Gasteiger charge is -2.30. The zero-order valence-corrected chi connectivity index (χ0v) is 27.8. The number of alkyl halides is 1. The summed E-state index contributed by atoms with van der Waals surface area (Å²) in [5.74, 6) is -2.00. The van der Waals surface area contributed by atoms with E-state index >= 15 is 0 Å². The first kappa shape index (κ1) is 36.4. The van der Waals surface area contributed by atoms with Gasteiger partial charge >= 0.3 is 6.09 Å². The molecule has 0 saturated carbocycles. The van der Waals surface area contributed by atoms with Gasteiger partial charge in [0.15, 0.2) is 6.10 Å². The zero-order chi connectivity index (χ0) is 32.3. The Morgan fingerprint density at radius 1 is 1.19 bits per heavy atom. The number of carbonyl (C=O) groups is 4. The lowest BCUT2D eigenvalue weighted by molar-refractivity contribution is -0.120. The van der Waals surface area contributed by atoms with Crippen LogP contribution < -0.4 is 16.4 Å². The van der Waals surface area contributed by atoms with E-state index in [1.54, 1.807) is 32.1 Å². The third-order valence-corrected chi connectivity index (χ3v) is 8.17. The molecule has 2 bridgehead atoms. The van der Waals surface area contributed by atoms with E-state index in [2.05, 4.69) is 33.2 Å². The largest absolute Gasteiger partial charge is 0.439 e. The normalized spacial score (nSPS) is 28.1. The molecule has 0 aromatic rings. The number of hydrogen-bond donors (Lipinski definition) is 4. The Hall–Kier alpha value is -2.81. The predicted molar refractivity (Wildman–Crippen MR) is 171 cm³/mol. The minimum absolute atomic E-state index is 0.104. The number of primary amides is 1. The van der Waals surface area contributed by atoms with E-state index in [0.29, 0.717) is 18.5 Å². The van der Waals surface area contributed by atoms with Crippen LogP contribution in [0.2, 0.25) is 0 Å². The second kappa shape index (κ2) is 17.5. The number of fused-ring (bicyclic) bond motifs is 2. The summed E-state index contributed by atoms with van der Waals surface area (Å²) in [5, 5.41) is 17.0. The number of amides is 2. The van der Waals surface area contributed by atoms with E-state index in [1.807, 2.05) is 13.8 Å². The first-order chi connectivity index (χ1) is 20.3. The van der Waals surface area contributed by atoms with Crippen molar-refractivity contribution in [1.82, 2.24) is 10.6 Å². The minimum atomic E-state index is -0.995. The van der Waals surface area contributed by atoms with E-state index in [4.69, 9.17) is 19.9 Å². The van der Waals surface area contributed by atoms with Crippen molar-refractivity contribution >= 4 is 46.2 Å². The van der Waals surface area contributed by atoms with Crippen molar-refractivity contribution in [3.05, 3.63) is 58.5 Å². The molecule has 0 aromatic heterocycles. The Labute approximate surface area is 267 Å². The number of nitrogens with two attached hydrogens (primary N) is 1.